The van der Waals surface area contributed by atoms with Crippen LogP contribution in [0, 0.1) is 11.3 Å². The van der Waals surface area contributed by atoms with Crippen molar-refractivity contribution in [2.75, 3.05) is 13.2 Å². The number of fused-ring (bicyclic) bond motifs is 1. The smallest absolute Gasteiger partial charge is 0.271 e. The Hall–Kier alpha value is -3.95. The van der Waals surface area contributed by atoms with E-state index in [1.807, 2.05) is 30.3 Å². The summed E-state index contributed by atoms with van der Waals surface area (Å²) in [5.41, 5.74) is 7.96. The van der Waals surface area contributed by atoms with Crippen molar-refractivity contribution in [2.24, 2.45) is 5.10 Å². The first kappa shape index (κ1) is 21.3. The van der Waals surface area contributed by atoms with Crippen LogP contribution in [-0.4, -0.2) is 30.2 Å². The second-order valence-corrected chi connectivity index (χ2v) is 7.64. The number of carbonyl (C=O) groups is 1. The van der Waals surface area contributed by atoms with Gasteiger partial charge in [0.1, 0.15) is 11.8 Å². The van der Waals surface area contributed by atoms with Crippen LogP contribution < -0.4 is 10.2 Å². The maximum atomic E-state index is 12.4. The number of nitriles is 1. The first-order valence-electron chi connectivity index (χ1n) is 10.5. The summed E-state index contributed by atoms with van der Waals surface area (Å²) in [6.45, 7) is 2.87. The maximum Gasteiger partial charge on any atom is 0.271 e. The molecule has 0 spiro atoms. The molecule has 160 valence electrons. The van der Waals surface area contributed by atoms with Gasteiger partial charge in [-0.1, -0.05) is 36.4 Å². The van der Waals surface area contributed by atoms with E-state index in [0.29, 0.717) is 11.3 Å². The number of nitrogens with one attached hydrogen (secondary N) is 1. The number of amides is 1. The van der Waals surface area contributed by atoms with Crippen LogP contribution in [0.2, 0.25) is 0 Å². The van der Waals surface area contributed by atoms with Gasteiger partial charge >= 0.3 is 0 Å². The lowest BCUT2D eigenvalue weighted by Gasteiger charge is -2.28. The molecule has 3 aromatic rings. The number of nitrogens with zero attached hydrogens (tertiary/aromatic N) is 3. The van der Waals surface area contributed by atoms with E-state index < -0.39 is 0 Å². The molecule has 0 aromatic heterocycles. The third-order valence-corrected chi connectivity index (χ3v) is 5.40. The number of hydrazone groups is 1. The Kier molecular flexibility index (Phi) is 6.91. The van der Waals surface area contributed by atoms with Crippen LogP contribution in [0.25, 0.3) is 0 Å². The number of hydrogen-bond acceptors (Lipinski definition) is 5. The molecule has 0 atom stereocenters. The largest absolute Gasteiger partial charge is 0.479 e. The zero-order chi connectivity index (χ0) is 22.2. The lowest BCUT2D eigenvalue weighted by Crippen LogP contribution is -2.30. The van der Waals surface area contributed by atoms with Gasteiger partial charge in [-0.15, -0.1) is 0 Å². The fourth-order valence-corrected chi connectivity index (χ4v) is 3.70. The third-order valence-electron chi connectivity index (χ3n) is 5.40. The Labute approximate surface area is 187 Å². The van der Waals surface area contributed by atoms with Gasteiger partial charge < -0.3 is 4.74 Å². The van der Waals surface area contributed by atoms with Crippen molar-refractivity contribution in [3.63, 3.8) is 0 Å². The molecule has 0 radical (unpaired) electrons. The van der Waals surface area contributed by atoms with Crippen molar-refractivity contribution in [1.82, 2.24) is 10.3 Å². The summed E-state index contributed by atoms with van der Waals surface area (Å²) in [4.78, 5) is 14.8. The van der Waals surface area contributed by atoms with E-state index in [9.17, 15) is 4.79 Å². The highest BCUT2D eigenvalue weighted by Gasteiger charge is 2.15. The van der Waals surface area contributed by atoms with E-state index in [-0.39, 0.29) is 12.5 Å². The van der Waals surface area contributed by atoms with Gasteiger partial charge in [0.25, 0.3) is 5.91 Å². The van der Waals surface area contributed by atoms with E-state index in [4.69, 9.17) is 10.00 Å². The molecular formula is C26H24N4O2. The van der Waals surface area contributed by atoms with Crippen molar-refractivity contribution in [2.45, 2.75) is 19.5 Å². The van der Waals surface area contributed by atoms with Crippen LogP contribution in [0.1, 0.15) is 32.6 Å². The van der Waals surface area contributed by atoms with E-state index in [2.05, 4.69) is 39.7 Å². The lowest BCUT2D eigenvalue weighted by atomic mass is 9.99. The number of rotatable bonds is 7. The first-order chi connectivity index (χ1) is 15.7. The molecule has 0 aliphatic carbocycles. The molecule has 32 heavy (non-hydrogen) atoms. The molecule has 1 aliphatic rings. The number of hydrogen-bond donors (Lipinski definition) is 1. The fourth-order valence-electron chi connectivity index (χ4n) is 3.70. The monoisotopic (exact) mass is 424 g/mol. The van der Waals surface area contributed by atoms with Gasteiger partial charge in [-0.05, 0) is 65.1 Å². The Morgan fingerprint density at radius 2 is 1.81 bits per heavy atom. The van der Waals surface area contributed by atoms with Crippen molar-refractivity contribution in [3.05, 3.63) is 101 Å². The van der Waals surface area contributed by atoms with Gasteiger partial charge in [0.15, 0.2) is 6.61 Å². The van der Waals surface area contributed by atoms with Crippen LogP contribution in [0.5, 0.6) is 5.75 Å². The number of benzene rings is 3. The molecular weight excluding hydrogens is 400 g/mol. The van der Waals surface area contributed by atoms with Crippen molar-refractivity contribution in [1.29, 1.82) is 5.26 Å². The average Bonchev–Trinajstić information content (AvgIpc) is 2.84. The molecule has 6 heteroatoms. The van der Waals surface area contributed by atoms with E-state index in [1.165, 1.54) is 16.7 Å². The predicted molar refractivity (Wildman–Crippen MR) is 123 cm³/mol. The molecule has 0 saturated heterocycles. The quantitative estimate of drug-likeness (QED) is 0.461. The second kappa shape index (κ2) is 10.4. The predicted octanol–water partition coefficient (Wildman–Crippen LogP) is 3.91. The number of carbonyl (C=O) groups excluding carboxylic acids is 1. The summed E-state index contributed by atoms with van der Waals surface area (Å²) in [5.74, 6) is 0.357. The molecule has 3 aromatic carbocycles. The molecule has 1 amide bonds. The summed E-state index contributed by atoms with van der Waals surface area (Å²) < 4.78 is 5.21. The van der Waals surface area contributed by atoms with Gasteiger partial charge in [0.2, 0.25) is 0 Å². The minimum atomic E-state index is -0.256. The lowest BCUT2D eigenvalue weighted by molar-refractivity contribution is 0.0955. The van der Waals surface area contributed by atoms with Crippen molar-refractivity contribution < 1.29 is 9.53 Å². The minimum Gasteiger partial charge on any atom is -0.479 e. The normalized spacial score (nSPS) is 13.3. The summed E-state index contributed by atoms with van der Waals surface area (Å²) in [5, 5.41) is 12.5. The topological polar surface area (TPSA) is 77.7 Å². The van der Waals surface area contributed by atoms with Gasteiger partial charge in [0.05, 0.1) is 6.21 Å². The Bertz CT molecular complexity index is 1130. The zero-order valence-electron chi connectivity index (χ0n) is 17.7. The van der Waals surface area contributed by atoms with Gasteiger partial charge in [-0.3, -0.25) is 9.69 Å². The summed E-state index contributed by atoms with van der Waals surface area (Å²) >= 11 is 0. The summed E-state index contributed by atoms with van der Waals surface area (Å²) in [6.07, 6.45) is 2.64. The van der Waals surface area contributed by atoms with Crippen molar-refractivity contribution in [3.8, 4) is 11.8 Å². The fraction of sp³-hybridized carbons (Fsp3) is 0.192. The molecule has 1 aliphatic heterocycles. The summed E-state index contributed by atoms with van der Waals surface area (Å²) in [7, 11) is 0. The number of ether oxygens (including phenoxy) is 1. The highest BCUT2D eigenvalue weighted by atomic mass is 16.5. The standard InChI is InChI=1S/C26H24N4O2/c27-14-16-32-25-11-7-20(8-12-25)17-28-29-26(31)23-9-5-21(6-10-23)18-30-15-13-22-3-1-2-4-24(22)19-30/h1-12,17H,13,15-16,18-19H2,(H,29,31)/b28-17-. The second-order valence-electron chi connectivity index (χ2n) is 7.64. The molecule has 1 heterocycles. The highest BCUT2D eigenvalue weighted by molar-refractivity contribution is 5.94. The van der Waals surface area contributed by atoms with Crippen LogP contribution in [0.15, 0.2) is 77.9 Å². The Balaban J connectivity index is 1.28. The Morgan fingerprint density at radius 3 is 2.56 bits per heavy atom. The maximum absolute atomic E-state index is 12.4. The summed E-state index contributed by atoms with van der Waals surface area (Å²) in [6, 6.07) is 25.3. The minimum absolute atomic E-state index is 0.00821. The van der Waals surface area contributed by atoms with E-state index in [1.54, 1.807) is 30.5 Å². The molecule has 0 bridgehead atoms. The molecule has 4 rings (SSSR count). The molecule has 0 fully saturated rings. The average molecular weight is 425 g/mol. The van der Waals surface area contributed by atoms with Crippen LogP contribution in [0.4, 0.5) is 0 Å². The zero-order valence-corrected chi connectivity index (χ0v) is 17.7. The Morgan fingerprint density at radius 1 is 1.06 bits per heavy atom. The van der Waals surface area contributed by atoms with Crippen molar-refractivity contribution >= 4 is 12.1 Å². The van der Waals surface area contributed by atoms with Gasteiger partial charge in [0, 0.05) is 25.2 Å². The molecule has 6 nitrogen and oxygen atoms in total. The SMILES string of the molecule is N#CCOc1ccc(/C=N\NC(=O)c2ccc(CN3CCc4ccccc4C3)cc2)cc1. The van der Waals surface area contributed by atoms with Crippen LogP contribution in [0.3, 0.4) is 0 Å². The highest BCUT2D eigenvalue weighted by Crippen LogP contribution is 2.20. The molecule has 0 unspecified atom stereocenters. The van der Waals surface area contributed by atoms with Gasteiger partial charge in [-0.2, -0.15) is 10.4 Å². The van der Waals surface area contributed by atoms with Gasteiger partial charge in [-0.25, -0.2) is 5.43 Å². The van der Waals surface area contributed by atoms with Crippen LogP contribution >= 0.6 is 0 Å². The van der Waals surface area contributed by atoms with E-state index >= 15 is 0 Å². The molecule has 0 saturated carbocycles. The molecule has 1 N–H and O–H groups in total. The first-order valence-corrected chi connectivity index (χ1v) is 10.5. The van der Waals surface area contributed by atoms with Crippen LogP contribution in [-0.2, 0) is 19.5 Å². The van der Waals surface area contributed by atoms with E-state index in [0.717, 1.165) is 31.6 Å². The third kappa shape index (κ3) is 5.60.